The zero-order chi connectivity index (χ0) is 13.3. The molecule has 1 aliphatic rings. The maximum Gasteiger partial charge on any atom is 0.234 e. The van der Waals surface area contributed by atoms with Crippen molar-refractivity contribution < 1.29 is 9.26 Å². The quantitative estimate of drug-likeness (QED) is 0.873. The molecule has 1 saturated carbocycles. The highest BCUT2D eigenvalue weighted by molar-refractivity contribution is 5.49. The van der Waals surface area contributed by atoms with Crippen molar-refractivity contribution in [3.63, 3.8) is 0 Å². The number of aromatic nitrogens is 4. The Kier molecular flexibility index (Phi) is 2.90. The van der Waals surface area contributed by atoms with Crippen LogP contribution < -0.4 is 10.5 Å². The van der Waals surface area contributed by atoms with Crippen LogP contribution in [0.5, 0.6) is 5.88 Å². The van der Waals surface area contributed by atoms with Crippen molar-refractivity contribution >= 4 is 0 Å². The minimum atomic E-state index is -0.137. The predicted octanol–water partition coefficient (Wildman–Crippen LogP) is 0.916. The van der Waals surface area contributed by atoms with Crippen molar-refractivity contribution in [3.8, 4) is 17.4 Å². The molecule has 7 heteroatoms. The topological polar surface area (TPSA) is 100.0 Å². The summed E-state index contributed by atoms with van der Waals surface area (Å²) in [7, 11) is 1.55. The third-order valence-electron chi connectivity index (χ3n) is 3.66. The Morgan fingerprint density at radius 1 is 1.42 bits per heavy atom. The Hall–Kier alpha value is -2.02. The third-order valence-corrected chi connectivity index (χ3v) is 3.66. The van der Waals surface area contributed by atoms with Crippen LogP contribution in [-0.4, -0.2) is 33.8 Å². The van der Waals surface area contributed by atoms with Crippen LogP contribution in [0, 0.1) is 0 Å². The second-order valence-electron chi connectivity index (χ2n) is 4.71. The summed E-state index contributed by atoms with van der Waals surface area (Å²) in [6.07, 6.45) is 4.55. The largest absolute Gasteiger partial charge is 0.481 e. The lowest BCUT2D eigenvalue weighted by molar-refractivity contribution is 0.182. The van der Waals surface area contributed by atoms with Crippen LogP contribution in [0.4, 0.5) is 0 Å². The van der Waals surface area contributed by atoms with Gasteiger partial charge in [0.05, 0.1) is 12.5 Å². The molecule has 0 atom stereocenters. The molecule has 2 aromatic rings. The number of hydrogen-bond acceptors (Lipinski definition) is 7. The molecule has 0 aliphatic heterocycles. The van der Waals surface area contributed by atoms with Gasteiger partial charge in [-0.15, -0.1) is 0 Å². The molecule has 0 amide bonds. The molecule has 2 heterocycles. The van der Waals surface area contributed by atoms with Crippen molar-refractivity contribution in [1.29, 1.82) is 0 Å². The molecular weight excluding hydrogens is 246 g/mol. The van der Waals surface area contributed by atoms with Crippen molar-refractivity contribution in [2.75, 3.05) is 13.7 Å². The summed E-state index contributed by atoms with van der Waals surface area (Å²) in [5, 5.41) is 3.97. The van der Waals surface area contributed by atoms with Gasteiger partial charge in [-0.3, -0.25) is 0 Å². The van der Waals surface area contributed by atoms with Crippen molar-refractivity contribution in [1.82, 2.24) is 20.1 Å². The maximum absolute atomic E-state index is 5.82. The monoisotopic (exact) mass is 261 g/mol. The Balaban J connectivity index is 1.92. The lowest BCUT2D eigenvalue weighted by Crippen LogP contribution is -2.41. The molecule has 7 nitrogen and oxygen atoms in total. The fourth-order valence-corrected chi connectivity index (χ4v) is 2.23. The van der Waals surface area contributed by atoms with E-state index < -0.39 is 0 Å². The van der Waals surface area contributed by atoms with E-state index in [0.29, 0.717) is 29.8 Å². The average Bonchev–Trinajstić information content (AvgIpc) is 2.88. The molecule has 1 aliphatic carbocycles. The highest BCUT2D eigenvalue weighted by atomic mass is 16.5. The van der Waals surface area contributed by atoms with Gasteiger partial charge in [0.1, 0.15) is 12.0 Å². The first-order chi connectivity index (χ1) is 9.27. The Morgan fingerprint density at radius 2 is 2.26 bits per heavy atom. The van der Waals surface area contributed by atoms with Crippen molar-refractivity contribution in [2.45, 2.75) is 24.7 Å². The molecule has 2 aromatic heterocycles. The molecule has 0 radical (unpaired) electrons. The van der Waals surface area contributed by atoms with E-state index >= 15 is 0 Å². The average molecular weight is 261 g/mol. The summed E-state index contributed by atoms with van der Waals surface area (Å²) in [6.45, 7) is 0.529. The molecule has 0 bridgehead atoms. The van der Waals surface area contributed by atoms with Crippen LogP contribution in [0.2, 0.25) is 0 Å². The van der Waals surface area contributed by atoms with Gasteiger partial charge in [0.25, 0.3) is 0 Å². The van der Waals surface area contributed by atoms with Gasteiger partial charge < -0.3 is 15.0 Å². The van der Waals surface area contributed by atoms with Gasteiger partial charge in [0.2, 0.25) is 17.6 Å². The number of rotatable bonds is 4. The van der Waals surface area contributed by atoms with Gasteiger partial charge in [0, 0.05) is 12.6 Å². The molecule has 1 fully saturated rings. The molecular formula is C12H15N5O2. The molecule has 19 heavy (non-hydrogen) atoms. The zero-order valence-corrected chi connectivity index (χ0v) is 10.7. The Labute approximate surface area is 110 Å². The van der Waals surface area contributed by atoms with Crippen LogP contribution in [0.15, 0.2) is 16.9 Å². The second-order valence-corrected chi connectivity index (χ2v) is 4.71. The van der Waals surface area contributed by atoms with Gasteiger partial charge in [-0.2, -0.15) is 4.98 Å². The van der Waals surface area contributed by atoms with E-state index in [1.807, 2.05) is 0 Å². The van der Waals surface area contributed by atoms with Gasteiger partial charge in [-0.1, -0.05) is 11.6 Å². The molecule has 2 N–H and O–H groups in total. The minimum absolute atomic E-state index is 0.137. The molecule has 0 aromatic carbocycles. The van der Waals surface area contributed by atoms with Crippen LogP contribution in [0.1, 0.15) is 25.2 Å². The maximum atomic E-state index is 5.82. The summed E-state index contributed by atoms with van der Waals surface area (Å²) < 4.78 is 10.4. The number of ether oxygens (including phenoxy) is 1. The minimum Gasteiger partial charge on any atom is -0.481 e. The first kappa shape index (κ1) is 12.0. The normalized spacial score (nSPS) is 16.9. The van der Waals surface area contributed by atoms with Gasteiger partial charge >= 0.3 is 0 Å². The van der Waals surface area contributed by atoms with E-state index in [0.717, 1.165) is 19.3 Å². The Morgan fingerprint density at radius 3 is 2.89 bits per heavy atom. The van der Waals surface area contributed by atoms with Crippen LogP contribution >= 0.6 is 0 Å². The second kappa shape index (κ2) is 4.58. The van der Waals surface area contributed by atoms with Crippen LogP contribution in [-0.2, 0) is 5.41 Å². The summed E-state index contributed by atoms with van der Waals surface area (Å²) in [5.74, 6) is 1.51. The predicted molar refractivity (Wildman–Crippen MR) is 66.5 cm³/mol. The fourth-order valence-electron chi connectivity index (χ4n) is 2.23. The van der Waals surface area contributed by atoms with Crippen molar-refractivity contribution in [3.05, 3.63) is 18.3 Å². The van der Waals surface area contributed by atoms with E-state index in [4.69, 9.17) is 15.0 Å². The molecule has 0 saturated heterocycles. The first-order valence-corrected chi connectivity index (χ1v) is 6.18. The van der Waals surface area contributed by atoms with Crippen LogP contribution in [0.3, 0.4) is 0 Å². The highest BCUT2D eigenvalue weighted by Crippen LogP contribution is 2.42. The molecule has 100 valence electrons. The standard InChI is InChI=1S/C12H15N5O2/c1-18-9-5-8(14-7-15-9)10-16-11(19-17-10)12(6-13)3-2-4-12/h5,7H,2-4,6,13H2,1H3. The number of hydrogen-bond donors (Lipinski definition) is 1. The smallest absolute Gasteiger partial charge is 0.234 e. The van der Waals surface area contributed by atoms with E-state index in [2.05, 4.69) is 20.1 Å². The molecule has 0 spiro atoms. The summed E-state index contributed by atoms with van der Waals surface area (Å²) in [6, 6.07) is 1.67. The van der Waals surface area contributed by atoms with Gasteiger partial charge in [0.15, 0.2) is 0 Å². The summed E-state index contributed by atoms with van der Waals surface area (Å²) >= 11 is 0. The SMILES string of the molecule is COc1cc(-c2noc(C3(CN)CCC3)n2)ncn1. The van der Waals surface area contributed by atoms with E-state index in [9.17, 15) is 0 Å². The van der Waals surface area contributed by atoms with E-state index in [-0.39, 0.29) is 5.41 Å². The molecule has 0 unspecified atom stereocenters. The first-order valence-electron chi connectivity index (χ1n) is 6.18. The Bertz CT molecular complexity index is 573. The van der Waals surface area contributed by atoms with Gasteiger partial charge in [-0.25, -0.2) is 9.97 Å². The lowest BCUT2D eigenvalue weighted by atomic mass is 9.69. The third kappa shape index (κ3) is 1.95. The summed E-state index contributed by atoms with van der Waals surface area (Å²) in [4.78, 5) is 12.5. The van der Waals surface area contributed by atoms with Crippen molar-refractivity contribution in [2.24, 2.45) is 5.73 Å². The lowest BCUT2D eigenvalue weighted by Gasteiger charge is -2.36. The summed E-state index contributed by atoms with van der Waals surface area (Å²) in [5.41, 5.74) is 6.26. The molecule has 3 rings (SSSR count). The fraction of sp³-hybridized carbons (Fsp3) is 0.500. The zero-order valence-electron chi connectivity index (χ0n) is 10.7. The highest BCUT2D eigenvalue weighted by Gasteiger charge is 2.42. The number of nitrogens with two attached hydrogens (primary N) is 1. The van der Waals surface area contributed by atoms with E-state index in [1.165, 1.54) is 6.33 Å². The van der Waals surface area contributed by atoms with Crippen LogP contribution in [0.25, 0.3) is 11.5 Å². The van der Waals surface area contributed by atoms with E-state index in [1.54, 1.807) is 13.2 Å². The van der Waals surface area contributed by atoms with Gasteiger partial charge in [-0.05, 0) is 12.8 Å². The number of nitrogens with zero attached hydrogens (tertiary/aromatic N) is 4. The number of methoxy groups -OCH3 is 1.